The zero-order valence-electron chi connectivity index (χ0n) is 14.3. The maximum atomic E-state index is 12.5. The molecule has 5 nitrogen and oxygen atoms in total. The fourth-order valence-corrected chi connectivity index (χ4v) is 3.49. The van der Waals surface area contributed by atoms with Gasteiger partial charge in [0.2, 0.25) is 5.91 Å². The topological polar surface area (TPSA) is 67.4 Å². The van der Waals surface area contributed by atoms with Crippen LogP contribution in [0, 0.1) is 11.3 Å². The molecular weight excluding hydrogens is 292 g/mol. The second-order valence-electron chi connectivity index (χ2n) is 7.29. The number of para-hydroxylation sites is 1. The Bertz CT molecular complexity index is 583. The van der Waals surface area contributed by atoms with Crippen molar-refractivity contribution in [2.24, 2.45) is 11.3 Å². The molecule has 2 N–H and O–H groups in total. The largest absolute Gasteiger partial charge is 0.459 e. The minimum absolute atomic E-state index is 0.0601. The van der Waals surface area contributed by atoms with Crippen molar-refractivity contribution >= 4 is 17.6 Å². The average molecular weight is 318 g/mol. The first kappa shape index (κ1) is 17.3. The van der Waals surface area contributed by atoms with Gasteiger partial charge in [-0.15, -0.1) is 0 Å². The Kier molecular flexibility index (Phi) is 5.29. The van der Waals surface area contributed by atoms with E-state index in [2.05, 4.69) is 31.6 Å². The van der Waals surface area contributed by atoms with Gasteiger partial charge in [-0.25, -0.2) is 4.79 Å². The van der Waals surface area contributed by atoms with E-state index in [4.69, 9.17) is 4.74 Å². The molecule has 1 saturated carbocycles. The zero-order valence-corrected chi connectivity index (χ0v) is 14.3. The number of benzene rings is 1. The van der Waals surface area contributed by atoms with E-state index < -0.39 is 0 Å². The van der Waals surface area contributed by atoms with E-state index in [1.807, 2.05) is 0 Å². The Balaban J connectivity index is 2.07. The highest BCUT2D eigenvalue weighted by atomic mass is 16.5. The van der Waals surface area contributed by atoms with Gasteiger partial charge in [0.15, 0.2) is 0 Å². The van der Waals surface area contributed by atoms with Crippen molar-refractivity contribution in [3.05, 3.63) is 29.8 Å². The molecule has 2 rings (SSSR count). The van der Waals surface area contributed by atoms with Gasteiger partial charge in [-0.1, -0.05) is 32.9 Å². The summed E-state index contributed by atoms with van der Waals surface area (Å²) in [6, 6.07) is 7.01. The molecule has 1 fully saturated rings. The Morgan fingerprint density at radius 3 is 2.57 bits per heavy atom. The van der Waals surface area contributed by atoms with Crippen molar-refractivity contribution in [3.63, 3.8) is 0 Å². The number of nitrogens with one attached hydrogen (secondary N) is 2. The molecule has 0 bridgehead atoms. The Labute approximate surface area is 137 Å². The smallest absolute Gasteiger partial charge is 0.340 e. The van der Waals surface area contributed by atoms with Crippen molar-refractivity contribution < 1.29 is 14.3 Å². The third-order valence-electron chi connectivity index (χ3n) is 4.14. The molecule has 1 aromatic carbocycles. The standard InChI is InChI=1S/C18H26N2O3/c1-12-9-14(11-18(3,4)10-12)23-17(22)15-7-5-6-8-16(15)20-19-13(2)21/h5-8,12,14,20H,9-11H2,1-4H3,(H,19,21). The van der Waals surface area contributed by atoms with Crippen molar-refractivity contribution in [3.8, 4) is 0 Å². The number of hydrogen-bond donors (Lipinski definition) is 2. The molecule has 1 amide bonds. The van der Waals surface area contributed by atoms with Gasteiger partial charge in [-0.3, -0.25) is 15.6 Å². The highest BCUT2D eigenvalue weighted by Gasteiger charge is 2.34. The van der Waals surface area contributed by atoms with E-state index in [0.717, 1.165) is 19.3 Å². The van der Waals surface area contributed by atoms with Crippen molar-refractivity contribution in [1.29, 1.82) is 0 Å². The summed E-state index contributed by atoms with van der Waals surface area (Å²) in [4.78, 5) is 23.6. The quantitative estimate of drug-likeness (QED) is 0.658. The van der Waals surface area contributed by atoms with Crippen LogP contribution in [-0.4, -0.2) is 18.0 Å². The van der Waals surface area contributed by atoms with Crippen LogP contribution in [0.4, 0.5) is 5.69 Å². The van der Waals surface area contributed by atoms with Crippen LogP contribution in [0.25, 0.3) is 0 Å². The number of hydrazine groups is 1. The minimum Gasteiger partial charge on any atom is -0.459 e. The molecule has 0 spiro atoms. The SMILES string of the molecule is CC(=O)NNc1ccccc1C(=O)OC1CC(C)CC(C)(C)C1. The van der Waals surface area contributed by atoms with Gasteiger partial charge in [0, 0.05) is 6.92 Å². The fourth-order valence-electron chi connectivity index (χ4n) is 3.49. The number of ether oxygens (including phenoxy) is 1. The first-order valence-electron chi connectivity index (χ1n) is 8.09. The molecule has 0 saturated heterocycles. The summed E-state index contributed by atoms with van der Waals surface area (Å²) in [5.41, 5.74) is 6.40. The first-order valence-corrected chi connectivity index (χ1v) is 8.09. The fraction of sp³-hybridized carbons (Fsp3) is 0.556. The van der Waals surface area contributed by atoms with E-state index >= 15 is 0 Å². The second-order valence-corrected chi connectivity index (χ2v) is 7.29. The number of rotatable bonds is 4. The predicted molar refractivity (Wildman–Crippen MR) is 89.9 cm³/mol. The van der Waals surface area contributed by atoms with Gasteiger partial charge in [0.1, 0.15) is 6.10 Å². The van der Waals surface area contributed by atoms with Crippen LogP contribution in [0.5, 0.6) is 0 Å². The minimum atomic E-state index is -0.353. The maximum Gasteiger partial charge on any atom is 0.340 e. The number of carbonyl (C=O) groups is 2. The molecule has 1 aromatic rings. The summed E-state index contributed by atoms with van der Waals surface area (Å²) in [6.07, 6.45) is 2.87. The van der Waals surface area contributed by atoms with Crippen LogP contribution >= 0.6 is 0 Å². The third kappa shape index (κ3) is 4.98. The lowest BCUT2D eigenvalue weighted by atomic mass is 9.71. The molecule has 0 aromatic heterocycles. The summed E-state index contributed by atoms with van der Waals surface area (Å²) >= 11 is 0. The highest BCUT2D eigenvalue weighted by Crippen LogP contribution is 2.40. The first-order chi connectivity index (χ1) is 10.8. The molecule has 126 valence electrons. The molecule has 1 aliphatic rings. The maximum absolute atomic E-state index is 12.5. The van der Waals surface area contributed by atoms with Crippen molar-refractivity contribution in [2.45, 2.75) is 53.1 Å². The number of hydrogen-bond acceptors (Lipinski definition) is 4. The predicted octanol–water partition coefficient (Wildman–Crippen LogP) is 3.52. The average Bonchev–Trinajstić information content (AvgIpc) is 2.43. The Hall–Kier alpha value is -2.04. The van der Waals surface area contributed by atoms with Crippen LogP contribution in [0.15, 0.2) is 24.3 Å². The van der Waals surface area contributed by atoms with Gasteiger partial charge in [0.25, 0.3) is 0 Å². The molecule has 2 unspecified atom stereocenters. The van der Waals surface area contributed by atoms with Gasteiger partial charge in [-0.05, 0) is 42.7 Å². The third-order valence-corrected chi connectivity index (χ3v) is 4.14. The lowest BCUT2D eigenvalue weighted by Crippen LogP contribution is -2.34. The number of anilines is 1. The Morgan fingerprint density at radius 1 is 1.22 bits per heavy atom. The summed E-state index contributed by atoms with van der Waals surface area (Å²) in [5, 5.41) is 0. The van der Waals surface area contributed by atoms with Crippen molar-refractivity contribution in [1.82, 2.24) is 5.43 Å². The molecule has 5 heteroatoms. The summed E-state index contributed by atoms with van der Waals surface area (Å²) < 4.78 is 5.74. The lowest BCUT2D eigenvalue weighted by Gasteiger charge is -2.38. The molecule has 1 aliphatic carbocycles. The lowest BCUT2D eigenvalue weighted by molar-refractivity contribution is -0.118. The highest BCUT2D eigenvalue weighted by molar-refractivity contribution is 5.96. The molecular formula is C18H26N2O3. The van der Waals surface area contributed by atoms with Gasteiger partial charge >= 0.3 is 5.97 Å². The number of carbonyl (C=O) groups excluding carboxylic acids is 2. The number of esters is 1. The van der Waals surface area contributed by atoms with E-state index in [1.54, 1.807) is 24.3 Å². The van der Waals surface area contributed by atoms with Crippen LogP contribution in [0.3, 0.4) is 0 Å². The van der Waals surface area contributed by atoms with Gasteiger partial charge < -0.3 is 4.74 Å². The molecule has 2 atom stereocenters. The van der Waals surface area contributed by atoms with Crippen molar-refractivity contribution in [2.75, 3.05) is 5.43 Å². The van der Waals surface area contributed by atoms with Gasteiger partial charge in [-0.2, -0.15) is 0 Å². The van der Waals surface area contributed by atoms with Crippen LogP contribution in [-0.2, 0) is 9.53 Å². The number of amides is 1. The normalized spacial score (nSPS) is 23.0. The molecule has 23 heavy (non-hydrogen) atoms. The van der Waals surface area contributed by atoms with E-state index in [-0.39, 0.29) is 23.4 Å². The molecule has 0 heterocycles. The summed E-state index contributed by atoms with van der Waals surface area (Å²) in [6.45, 7) is 8.04. The van der Waals surface area contributed by atoms with E-state index in [1.165, 1.54) is 6.92 Å². The van der Waals surface area contributed by atoms with Gasteiger partial charge in [0.05, 0.1) is 11.3 Å². The van der Waals surface area contributed by atoms with Crippen LogP contribution in [0.1, 0.15) is 57.3 Å². The summed E-state index contributed by atoms with van der Waals surface area (Å²) in [7, 11) is 0. The van der Waals surface area contributed by atoms with Crippen LogP contribution in [0.2, 0.25) is 0 Å². The summed E-state index contributed by atoms with van der Waals surface area (Å²) in [5.74, 6) is -0.0336. The van der Waals surface area contributed by atoms with E-state index in [0.29, 0.717) is 17.2 Å². The monoisotopic (exact) mass is 318 g/mol. The zero-order chi connectivity index (χ0) is 17.0. The molecule has 0 radical (unpaired) electrons. The van der Waals surface area contributed by atoms with Crippen LogP contribution < -0.4 is 10.9 Å². The molecule has 0 aliphatic heterocycles. The second kappa shape index (κ2) is 7.02. The van der Waals surface area contributed by atoms with E-state index in [9.17, 15) is 9.59 Å². The Morgan fingerprint density at radius 2 is 1.91 bits per heavy atom.